The van der Waals surface area contributed by atoms with Gasteiger partial charge in [0, 0.05) is 0 Å². The van der Waals surface area contributed by atoms with Gasteiger partial charge in [0.25, 0.3) is 0 Å². The molecule has 1 rings (SSSR count). The molecule has 0 aliphatic heterocycles. The van der Waals surface area contributed by atoms with Crippen LogP contribution in [0.1, 0.15) is 5.56 Å². The maximum absolute atomic E-state index is 9.14. The van der Waals surface area contributed by atoms with E-state index >= 15 is 0 Å². The standard InChI is InChI=1S/C7H6ClNO2/c8-6-2-1-3-7(10)5(6)4-9-11/h1-4,10-11H/b9-4-. The van der Waals surface area contributed by atoms with Crippen molar-refractivity contribution in [2.75, 3.05) is 0 Å². The molecule has 0 atom stereocenters. The lowest BCUT2D eigenvalue weighted by atomic mass is 10.2. The number of benzene rings is 1. The first kappa shape index (κ1) is 7.88. The summed E-state index contributed by atoms with van der Waals surface area (Å²) in [5.74, 6) is -0.00435. The second kappa shape index (κ2) is 3.25. The van der Waals surface area contributed by atoms with Gasteiger partial charge in [0.1, 0.15) is 5.75 Å². The highest BCUT2D eigenvalue weighted by Gasteiger charge is 2.01. The molecule has 3 nitrogen and oxygen atoms in total. The van der Waals surface area contributed by atoms with Crippen LogP contribution in [0, 0.1) is 0 Å². The zero-order valence-electron chi connectivity index (χ0n) is 5.53. The molecule has 2 N–H and O–H groups in total. The second-order valence-corrected chi connectivity index (χ2v) is 2.32. The molecular weight excluding hydrogens is 166 g/mol. The van der Waals surface area contributed by atoms with Crippen molar-refractivity contribution in [3.63, 3.8) is 0 Å². The fourth-order valence-corrected chi connectivity index (χ4v) is 0.930. The van der Waals surface area contributed by atoms with E-state index < -0.39 is 0 Å². The third kappa shape index (κ3) is 1.62. The van der Waals surface area contributed by atoms with E-state index in [1.54, 1.807) is 12.1 Å². The van der Waals surface area contributed by atoms with E-state index in [9.17, 15) is 0 Å². The molecule has 0 fully saturated rings. The lowest BCUT2D eigenvalue weighted by molar-refractivity contribution is 0.321. The van der Waals surface area contributed by atoms with Crippen LogP contribution in [0.15, 0.2) is 23.4 Å². The van der Waals surface area contributed by atoms with Gasteiger partial charge in [0.15, 0.2) is 0 Å². The van der Waals surface area contributed by atoms with E-state index in [-0.39, 0.29) is 5.75 Å². The first-order valence-electron chi connectivity index (χ1n) is 2.90. The average molecular weight is 172 g/mol. The van der Waals surface area contributed by atoms with Crippen molar-refractivity contribution in [1.29, 1.82) is 0 Å². The monoisotopic (exact) mass is 171 g/mol. The molecule has 1 aromatic carbocycles. The highest BCUT2D eigenvalue weighted by molar-refractivity contribution is 6.33. The summed E-state index contributed by atoms with van der Waals surface area (Å²) in [5, 5.41) is 20.4. The Morgan fingerprint density at radius 2 is 2.18 bits per heavy atom. The zero-order valence-corrected chi connectivity index (χ0v) is 6.28. The van der Waals surface area contributed by atoms with Crippen LogP contribution in [0.4, 0.5) is 0 Å². The van der Waals surface area contributed by atoms with Gasteiger partial charge in [0.05, 0.1) is 16.8 Å². The molecule has 0 saturated carbocycles. The Morgan fingerprint density at radius 3 is 2.73 bits per heavy atom. The summed E-state index contributed by atoms with van der Waals surface area (Å²) in [6.07, 6.45) is 1.08. The van der Waals surface area contributed by atoms with Crippen LogP contribution in [-0.2, 0) is 0 Å². The Kier molecular flexibility index (Phi) is 2.33. The molecule has 0 unspecified atom stereocenters. The summed E-state index contributed by atoms with van der Waals surface area (Å²) < 4.78 is 0. The maximum atomic E-state index is 9.14. The fraction of sp³-hybridized carbons (Fsp3) is 0. The van der Waals surface area contributed by atoms with Gasteiger partial charge in [0.2, 0.25) is 0 Å². The summed E-state index contributed by atoms with van der Waals surface area (Å²) in [4.78, 5) is 0. The first-order valence-corrected chi connectivity index (χ1v) is 3.28. The second-order valence-electron chi connectivity index (χ2n) is 1.92. The number of phenolic OH excluding ortho intramolecular Hbond substituents is 1. The van der Waals surface area contributed by atoms with Gasteiger partial charge in [-0.05, 0) is 12.1 Å². The van der Waals surface area contributed by atoms with Crippen molar-refractivity contribution in [3.05, 3.63) is 28.8 Å². The Hall–Kier alpha value is -1.22. The topological polar surface area (TPSA) is 52.8 Å². The molecule has 11 heavy (non-hydrogen) atoms. The van der Waals surface area contributed by atoms with E-state index in [1.165, 1.54) is 6.07 Å². The van der Waals surface area contributed by atoms with Crippen molar-refractivity contribution in [3.8, 4) is 5.75 Å². The lowest BCUT2D eigenvalue weighted by Crippen LogP contribution is -1.83. The first-order chi connectivity index (χ1) is 5.25. The predicted molar refractivity (Wildman–Crippen MR) is 42.5 cm³/mol. The van der Waals surface area contributed by atoms with Crippen LogP contribution in [0.2, 0.25) is 5.02 Å². The SMILES string of the molecule is O/N=C\c1c(O)cccc1Cl. The van der Waals surface area contributed by atoms with E-state index in [2.05, 4.69) is 5.16 Å². The highest BCUT2D eigenvalue weighted by Crippen LogP contribution is 2.22. The summed E-state index contributed by atoms with van der Waals surface area (Å²) in [6, 6.07) is 4.66. The summed E-state index contributed by atoms with van der Waals surface area (Å²) >= 11 is 5.65. The summed E-state index contributed by atoms with van der Waals surface area (Å²) in [7, 11) is 0. The number of rotatable bonds is 1. The molecule has 0 heterocycles. The van der Waals surface area contributed by atoms with Gasteiger partial charge in [-0.3, -0.25) is 0 Å². The van der Waals surface area contributed by atoms with Crippen molar-refractivity contribution in [2.45, 2.75) is 0 Å². The van der Waals surface area contributed by atoms with Gasteiger partial charge in [-0.25, -0.2) is 0 Å². The molecule has 0 aliphatic carbocycles. The van der Waals surface area contributed by atoms with Gasteiger partial charge in [-0.15, -0.1) is 0 Å². The molecule has 0 bridgehead atoms. The Morgan fingerprint density at radius 1 is 1.45 bits per heavy atom. The fourth-order valence-electron chi connectivity index (χ4n) is 0.711. The molecule has 1 aromatic rings. The van der Waals surface area contributed by atoms with Crippen molar-refractivity contribution < 1.29 is 10.3 Å². The molecule has 0 amide bonds. The van der Waals surface area contributed by atoms with Gasteiger partial charge >= 0.3 is 0 Å². The average Bonchev–Trinajstić information content (AvgIpc) is 1.97. The number of aromatic hydroxyl groups is 1. The van der Waals surface area contributed by atoms with E-state index in [0.717, 1.165) is 6.21 Å². The van der Waals surface area contributed by atoms with Crippen molar-refractivity contribution in [2.24, 2.45) is 5.16 Å². The number of nitrogens with zero attached hydrogens (tertiary/aromatic N) is 1. The minimum absolute atomic E-state index is 0.00435. The Balaban J connectivity index is 3.20. The van der Waals surface area contributed by atoms with E-state index in [4.69, 9.17) is 21.9 Å². The Bertz CT molecular complexity index is 266. The number of phenols is 1. The molecule has 58 valence electrons. The largest absolute Gasteiger partial charge is 0.507 e. The normalized spacial score (nSPS) is 10.6. The number of hydrogen-bond acceptors (Lipinski definition) is 3. The summed E-state index contributed by atoms with van der Waals surface area (Å²) in [5.41, 5.74) is 0.316. The number of oxime groups is 1. The minimum Gasteiger partial charge on any atom is -0.507 e. The smallest absolute Gasteiger partial charge is 0.125 e. The van der Waals surface area contributed by atoms with E-state index in [1.807, 2.05) is 0 Å². The number of hydrogen-bond donors (Lipinski definition) is 2. The Labute approximate surface area is 68.5 Å². The highest BCUT2D eigenvalue weighted by atomic mass is 35.5. The third-order valence-electron chi connectivity index (χ3n) is 1.22. The molecular formula is C7H6ClNO2. The van der Waals surface area contributed by atoms with Crippen molar-refractivity contribution >= 4 is 17.8 Å². The van der Waals surface area contributed by atoms with Gasteiger partial charge in [-0.1, -0.05) is 22.8 Å². The van der Waals surface area contributed by atoms with Crippen LogP contribution in [-0.4, -0.2) is 16.5 Å². The van der Waals surface area contributed by atoms with E-state index in [0.29, 0.717) is 10.6 Å². The molecule has 0 aromatic heterocycles. The van der Waals surface area contributed by atoms with Crippen LogP contribution in [0.25, 0.3) is 0 Å². The van der Waals surface area contributed by atoms with Crippen LogP contribution >= 0.6 is 11.6 Å². The lowest BCUT2D eigenvalue weighted by Gasteiger charge is -1.98. The van der Waals surface area contributed by atoms with Gasteiger partial charge < -0.3 is 10.3 Å². The quantitative estimate of drug-likeness (QED) is 0.385. The minimum atomic E-state index is -0.00435. The molecule has 4 heteroatoms. The molecule has 0 aliphatic rings. The zero-order chi connectivity index (χ0) is 8.27. The molecule has 0 radical (unpaired) electrons. The van der Waals surface area contributed by atoms with Gasteiger partial charge in [-0.2, -0.15) is 0 Å². The molecule has 0 saturated heterocycles. The predicted octanol–water partition coefficient (Wildman–Crippen LogP) is 1.85. The van der Waals surface area contributed by atoms with Crippen LogP contribution < -0.4 is 0 Å². The van der Waals surface area contributed by atoms with Crippen LogP contribution in [0.5, 0.6) is 5.75 Å². The van der Waals surface area contributed by atoms with Crippen molar-refractivity contribution in [1.82, 2.24) is 0 Å². The maximum Gasteiger partial charge on any atom is 0.125 e. The number of halogens is 1. The third-order valence-corrected chi connectivity index (χ3v) is 1.55. The summed E-state index contributed by atoms with van der Waals surface area (Å²) in [6.45, 7) is 0. The van der Waals surface area contributed by atoms with Crippen LogP contribution in [0.3, 0.4) is 0 Å². The molecule has 0 spiro atoms.